The summed E-state index contributed by atoms with van der Waals surface area (Å²) in [5.41, 5.74) is 0. The molecule has 0 aromatic heterocycles. The van der Waals surface area contributed by atoms with Gasteiger partial charge >= 0.3 is 0 Å². The van der Waals surface area contributed by atoms with Gasteiger partial charge in [0.1, 0.15) is 11.6 Å². The molecule has 0 aliphatic heterocycles. The van der Waals surface area contributed by atoms with Gasteiger partial charge in [0.25, 0.3) is 0 Å². The standard InChI is InChI=1S/C15H20F4O2/c16-14(17)5-1-10(2-6-14)12(20)9-13(21)11-3-7-15(18,19)8-4-11/h10-11H,1-9H2. The minimum absolute atomic E-state index is 0.113. The van der Waals surface area contributed by atoms with Crippen molar-refractivity contribution in [1.82, 2.24) is 0 Å². The lowest BCUT2D eigenvalue weighted by Gasteiger charge is -2.29. The first-order valence-electron chi connectivity index (χ1n) is 7.50. The third-order valence-electron chi connectivity index (χ3n) is 4.69. The van der Waals surface area contributed by atoms with E-state index in [0.717, 1.165) is 0 Å². The number of carbonyl (C=O) groups is 2. The summed E-state index contributed by atoms with van der Waals surface area (Å²) in [5.74, 6) is -6.94. The smallest absolute Gasteiger partial charge is 0.248 e. The zero-order chi connectivity index (χ0) is 15.7. The molecule has 2 saturated carbocycles. The molecule has 6 heteroatoms. The van der Waals surface area contributed by atoms with E-state index < -0.39 is 23.7 Å². The molecule has 2 fully saturated rings. The molecule has 2 aliphatic carbocycles. The van der Waals surface area contributed by atoms with Gasteiger partial charge in [-0.2, -0.15) is 0 Å². The van der Waals surface area contributed by atoms with Gasteiger partial charge in [-0.25, -0.2) is 17.6 Å². The van der Waals surface area contributed by atoms with Gasteiger partial charge < -0.3 is 0 Å². The van der Waals surface area contributed by atoms with Crippen molar-refractivity contribution < 1.29 is 27.2 Å². The largest absolute Gasteiger partial charge is 0.299 e. The Bertz CT molecular complexity index is 362. The highest BCUT2D eigenvalue weighted by Gasteiger charge is 2.40. The molecule has 0 bridgehead atoms. The molecule has 2 nitrogen and oxygen atoms in total. The number of hydrogen-bond donors (Lipinski definition) is 0. The summed E-state index contributed by atoms with van der Waals surface area (Å²) in [7, 11) is 0. The van der Waals surface area contributed by atoms with E-state index in [4.69, 9.17) is 0 Å². The predicted molar refractivity (Wildman–Crippen MR) is 68.4 cm³/mol. The normalized spacial score (nSPS) is 26.5. The van der Waals surface area contributed by atoms with E-state index in [1.807, 2.05) is 0 Å². The summed E-state index contributed by atoms with van der Waals surface area (Å²) in [5, 5.41) is 0. The molecule has 0 aromatic carbocycles. The molecule has 0 atom stereocenters. The molecule has 0 amide bonds. The molecule has 2 rings (SSSR count). The number of carbonyl (C=O) groups excluding carboxylic acids is 2. The van der Waals surface area contributed by atoms with Crippen molar-refractivity contribution >= 4 is 11.6 Å². The van der Waals surface area contributed by atoms with Crippen LogP contribution in [0.25, 0.3) is 0 Å². The van der Waals surface area contributed by atoms with Crippen LogP contribution in [-0.2, 0) is 9.59 Å². The van der Waals surface area contributed by atoms with Crippen molar-refractivity contribution in [2.45, 2.75) is 69.6 Å². The Labute approximate surface area is 121 Å². The second kappa shape index (κ2) is 6.05. The highest BCUT2D eigenvalue weighted by atomic mass is 19.3. The first-order valence-corrected chi connectivity index (χ1v) is 7.50. The van der Waals surface area contributed by atoms with Gasteiger partial charge in [0, 0.05) is 37.5 Å². The summed E-state index contributed by atoms with van der Waals surface area (Å²) in [6.07, 6.45) is -1.08. The van der Waals surface area contributed by atoms with Crippen LogP contribution in [0, 0.1) is 11.8 Å². The van der Waals surface area contributed by atoms with Crippen molar-refractivity contribution in [3.63, 3.8) is 0 Å². The fourth-order valence-corrected chi connectivity index (χ4v) is 3.18. The van der Waals surface area contributed by atoms with E-state index in [1.165, 1.54) is 0 Å². The summed E-state index contributed by atoms with van der Waals surface area (Å²) in [4.78, 5) is 24.0. The molecule has 0 saturated heterocycles. The van der Waals surface area contributed by atoms with Gasteiger partial charge in [0.2, 0.25) is 11.8 Å². The number of alkyl halides is 4. The van der Waals surface area contributed by atoms with Crippen LogP contribution in [0.3, 0.4) is 0 Å². The molecular weight excluding hydrogens is 288 g/mol. The van der Waals surface area contributed by atoms with Crippen LogP contribution in [0.2, 0.25) is 0 Å². The molecular formula is C15H20F4O2. The Kier molecular flexibility index (Phi) is 4.73. The topological polar surface area (TPSA) is 34.1 Å². The maximum absolute atomic E-state index is 13.0. The monoisotopic (exact) mass is 308 g/mol. The Morgan fingerprint density at radius 1 is 0.714 bits per heavy atom. The maximum Gasteiger partial charge on any atom is 0.248 e. The van der Waals surface area contributed by atoms with Crippen molar-refractivity contribution in [1.29, 1.82) is 0 Å². The minimum Gasteiger partial charge on any atom is -0.299 e. The van der Waals surface area contributed by atoms with Crippen molar-refractivity contribution in [3.05, 3.63) is 0 Å². The van der Waals surface area contributed by atoms with Crippen LogP contribution in [0.15, 0.2) is 0 Å². The van der Waals surface area contributed by atoms with Gasteiger partial charge in [-0.05, 0) is 25.7 Å². The molecule has 0 spiro atoms. The Balaban J connectivity index is 1.79. The Hall–Kier alpha value is -0.940. The SMILES string of the molecule is O=C(CC(=O)C1CCC(F)(F)CC1)C1CCC(F)(F)CC1. The van der Waals surface area contributed by atoms with E-state index in [2.05, 4.69) is 0 Å². The van der Waals surface area contributed by atoms with Crippen LogP contribution in [0.1, 0.15) is 57.8 Å². The van der Waals surface area contributed by atoms with Crippen LogP contribution in [0.5, 0.6) is 0 Å². The molecule has 21 heavy (non-hydrogen) atoms. The fourth-order valence-electron chi connectivity index (χ4n) is 3.18. The van der Waals surface area contributed by atoms with E-state index in [-0.39, 0.29) is 69.4 Å². The minimum atomic E-state index is -2.70. The van der Waals surface area contributed by atoms with Crippen LogP contribution in [0.4, 0.5) is 17.6 Å². The molecule has 120 valence electrons. The number of Topliss-reactive ketones (excluding diaryl/α,β-unsaturated/α-hetero) is 2. The number of hydrogen-bond acceptors (Lipinski definition) is 2. The number of ketones is 2. The first-order chi connectivity index (χ1) is 9.69. The Morgan fingerprint density at radius 3 is 1.29 bits per heavy atom. The summed E-state index contributed by atoms with van der Waals surface area (Å²) in [6.45, 7) is 0. The van der Waals surface area contributed by atoms with E-state index in [0.29, 0.717) is 0 Å². The molecule has 0 aromatic rings. The average Bonchev–Trinajstić information content (AvgIpc) is 2.38. The third-order valence-corrected chi connectivity index (χ3v) is 4.69. The quantitative estimate of drug-likeness (QED) is 0.577. The number of halogens is 4. The molecule has 0 unspecified atom stereocenters. The summed E-state index contributed by atoms with van der Waals surface area (Å²) in [6, 6.07) is 0. The van der Waals surface area contributed by atoms with E-state index >= 15 is 0 Å². The lowest BCUT2D eigenvalue weighted by Crippen LogP contribution is -2.32. The summed E-state index contributed by atoms with van der Waals surface area (Å²) < 4.78 is 52.1. The van der Waals surface area contributed by atoms with Crippen molar-refractivity contribution in [2.24, 2.45) is 11.8 Å². The highest BCUT2D eigenvalue weighted by molar-refractivity contribution is 6.01. The maximum atomic E-state index is 13.0. The van der Waals surface area contributed by atoms with Crippen LogP contribution in [-0.4, -0.2) is 23.4 Å². The first kappa shape index (κ1) is 16.4. The van der Waals surface area contributed by atoms with E-state index in [1.54, 1.807) is 0 Å². The third kappa shape index (κ3) is 4.51. The van der Waals surface area contributed by atoms with Gasteiger partial charge in [-0.3, -0.25) is 9.59 Å². The van der Waals surface area contributed by atoms with Gasteiger partial charge in [-0.15, -0.1) is 0 Å². The van der Waals surface area contributed by atoms with Crippen molar-refractivity contribution in [3.8, 4) is 0 Å². The molecule has 2 aliphatic rings. The average molecular weight is 308 g/mol. The van der Waals surface area contributed by atoms with Crippen LogP contribution < -0.4 is 0 Å². The highest BCUT2D eigenvalue weighted by Crippen LogP contribution is 2.39. The second-order valence-corrected chi connectivity index (χ2v) is 6.37. The van der Waals surface area contributed by atoms with Gasteiger partial charge in [0.15, 0.2) is 0 Å². The van der Waals surface area contributed by atoms with Gasteiger partial charge in [-0.1, -0.05) is 0 Å². The lowest BCUT2D eigenvalue weighted by atomic mass is 9.79. The van der Waals surface area contributed by atoms with Crippen LogP contribution >= 0.6 is 0 Å². The fraction of sp³-hybridized carbons (Fsp3) is 0.867. The van der Waals surface area contributed by atoms with Gasteiger partial charge in [0.05, 0.1) is 6.42 Å². The second-order valence-electron chi connectivity index (χ2n) is 6.37. The zero-order valence-corrected chi connectivity index (χ0v) is 11.8. The molecule has 0 radical (unpaired) electrons. The zero-order valence-electron chi connectivity index (χ0n) is 11.8. The predicted octanol–water partition coefficient (Wildman–Crippen LogP) is 4.17. The Morgan fingerprint density at radius 2 is 1.00 bits per heavy atom. The molecule has 0 N–H and O–H groups in total. The lowest BCUT2D eigenvalue weighted by molar-refractivity contribution is -0.135. The number of rotatable bonds is 4. The molecule has 0 heterocycles. The van der Waals surface area contributed by atoms with E-state index in [9.17, 15) is 27.2 Å². The summed E-state index contributed by atoms with van der Waals surface area (Å²) >= 11 is 0. The van der Waals surface area contributed by atoms with Crippen molar-refractivity contribution in [2.75, 3.05) is 0 Å².